The van der Waals surface area contributed by atoms with Crippen molar-refractivity contribution in [2.24, 2.45) is 0 Å². The zero-order valence-corrected chi connectivity index (χ0v) is 15.7. The maximum absolute atomic E-state index is 14.1. The molecule has 1 aliphatic heterocycles. The number of halogens is 2. The Hall–Kier alpha value is -3.00. The van der Waals surface area contributed by atoms with E-state index in [1.165, 1.54) is 11.0 Å². The summed E-state index contributed by atoms with van der Waals surface area (Å²) in [4.78, 5) is 28.1. The highest BCUT2D eigenvalue weighted by Crippen LogP contribution is 2.32. The molecule has 0 spiro atoms. The van der Waals surface area contributed by atoms with Gasteiger partial charge < -0.3 is 19.9 Å². The van der Waals surface area contributed by atoms with E-state index < -0.39 is 11.6 Å². The van der Waals surface area contributed by atoms with Crippen LogP contribution in [0.15, 0.2) is 36.4 Å². The number of hydrogen-bond acceptors (Lipinski definition) is 4. The smallest absolute Gasteiger partial charge is 0.262 e. The number of anilines is 1. The van der Waals surface area contributed by atoms with Gasteiger partial charge in [0.05, 0.1) is 11.3 Å². The lowest BCUT2D eigenvalue weighted by atomic mass is 10.1. The second-order valence-corrected chi connectivity index (χ2v) is 6.78. The number of rotatable bonds is 6. The van der Waals surface area contributed by atoms with Crippen LogP contribution in [0.3, 0.4) is 0 Å². The van der Waals surface area contributed by atoms with Gasteiger partial charge in [0.25, 0.3) is 11.8 Å². The molecule has 2 aromatic carbocycles. The molecule has 6 nitrogen and oxygen atoms in total. The first-order valence-electron chi connectivity index (χ1n) is 8.78. The molecule has 2 aromatic rings. The maximum atomic E-state index is 14.1. The fraction of sp³-hybridized carbons (Fsp3) is 0.300. The number of likely N-dealkylation sites (N-methyl/N-ethyl adjacent to an activating group) is 1. The van der Waals surface area contributed by atoms with Crippen molar-refractivity contribution in [1.29, 1.82) is 0 Å². The monoisotopic (exact) mass is 389 g/mol. The molecular formula is C20H21F2N3O3. The van der Waals surface area contributed by atoms with Crippen LogP contribution in [-0.4, -0.2) is 55.4 Å². The van der Waals surface area contributed by atoms with Gasteiger partial charge in [-0.05, 0) is 32.3 Å². The Labute approximate surface area is 161 Å². The number of ether oxygens (including phenoxy) is 1. The summed E-state index contributed by atoms with van der Waals surface area (Å²) in [7, 11) is 3.73. The van der Waals surface area contributed by atoms with Crippen molar-refractivity contribution in [1.82, 2.24) is 9.80 Å². The molecule has 0 atom stereocenters. The van der Waals surface area contributed by atoms with Crippen molar-refractivity contribution < 1.29 is 23.1 Å². The Morgan fingerprint density at radius 1 is 1.18 bits per heavy atom. The third-order valence-corrected chi connectivity index (χ3v) is 4.35. The van der Waals surface area contributed by atoms with Crippen LogP contribution in [0.25, 0.3) is 0 Å². The minimum absolute atomic E-state index is 0.0190. The van der Waals surface area contributed by atoms with Crippen LogP contribution >= 0.6 is 0 Å². The predicted octanol–water partition coefficient (Wildman–Crippen LogP) is 2.50. The quantitative estimate of drug-likeness (QED) is 0.825. The Morgan fingerprint density at radius 3 is 2.68 bits per heavy atom. The summed E-state index contributed by atoms with van der Waals surface area (Å²) >= 11 is 0. The molecule has 0 fully saturated rings. The minimum atomic E-state index is -0.707. The summed E-state index contributed by atoms with van der Waals surface area (Å²) in [5.74, 6) is -1.75. The van der Waals surface area contributed by atoms with Crippen LogP contribution < -0.4 is 10.1 Å². The highest BCUT2D eigenvalue weighted by atomic mass is 19.1. The lowest BCUT2D eigenvalue weighted by molar-refractivity contribution is -0.118. The molecule has 3 rings (SSSR count). The first kappa shape index (κ1) is 19.8. The molecule has 1 heterocycles. The lowest BCUT2D eigenvalue weighted by Gasteiger charge is -2.27. The maximum Gasteiger partial charge on any atom is 0.262 e. The molecule has 1 N–H and O–H groups in total. The molecule has 0 aromatic heterocycles. The van der Waals surface area contributed by atoms with E-state index in [0.29, 0.717) is 24.5 Å². The van der Waals surface area contributed by atoms with Gasteiger partial charge in [0.1, 0.15) is 11.6 Å². The number of fused-ring (bicyclic) bond motifs is 1. The van der Waals surface area contributed by atoms with Gasteiger partial charge in [-0.2, -0.15) is 0 Å². The Kier molecular flexibility index (Phi) is 5.89. The van der Waals surface area contributed by atoms with E-state index in [-0.39, 0.29) is 36.1 Å². The Bertz CT molecular complexity index is 902. The third-order valence-electron chi connectivity index (χ3n) is 4.35. The van der Waals surface area contributed by atoms with Crippen molar-refractivity contribution in [2.75, 3.05) is 39.1 Å². The molecule has 0 radical (unpaired) electrons. The summed E-state index contributed by atoms with van der Waals surface area (Å²) in [5, 5.41) is 2.66. The number of nitrogens with one attached hydrogen (secondary N) is 1. The summed E-state index contributed by atoms with van der Waals surface area (Å²) < 4.78 is 32.8. The number of carbonyl (C=O) groups is 2. The number of amides is 2. The van der Waals surface area contributed by atoms with E-state index in [0.717, 1.165) is 12.1 Å². The van der Waals surface area contributed by atoms with E-state index >= 15 is 0 Å². The van der Waals surface area contributed by atoms with Gasteiger partial charge in [-0.15, -0.1) is 0 Å². The Balaban J connectivity index is 1.91. The van der Waals surface area contributed by atoms with E-state index in [1.54, 1.807) is 18.2 Å². The standard InChI is InChI=1S/C20H21F2N3O3/c1-24(2)8-9-25(11-13-6-7-14(21)10-16(13)22)20(27)15-4-3-5-17-19(15)28-12-18(26)23-17/h3-7,10H,8-9,11-12H2,1-2H3,(H,23,26). The molecule has 28 heavy (non-hydrogen) atoms. The zero-order valence-electron chi connectivity index (χ0n) is 15.7. The van der Waals surface area contributed by atoms with E-state index in [1.807, 2.05) is 19.0 Å². The predicted molar refractivity (Wildman–Crippen MR) is 100 cm³/mol. The number of nitrogens with zero attached hydrogens (tertiary/aromatic N) is 2. The van der Waals surface area contributed by atoms with Crippen molar-refractivity contribution in [3.8, 4) is 5.75 Å². The summed E-state index contributed by atoms with van der Waals surface area (Å²) in [5.41, 5.74) is 0.911. The van der Waals surface area contributed by atoms with Gasteiger partial charge in [0.2, 0.25) is 0 Å². The molecule has 148 valence electrons. The zero-order chi connectivity index (χ0) is 20.3. The number of carbonyl (C=O) groups excluding carboxylic acids is 2. The molecule has 0 aliphatic carbocycles. The Morgan fingerprint density at radius 2 is 1.96 bits per heavy atom. The number of benzene rings is 2. The topological polar surface area (TPSA) is 61.9 Å². The van der Waals surface area contributed by atoms with E-state index in [9.17, 15) is 18.4 Å². The number of hydrogen-bond donors (Lipinski definition) is 1. The van der Waals surface area contributed by atoms with E-state index in [2.05, 4.69) is 5.32 Å². The van der Waals surface area contributed by atoms with Gasteiger partial charge >= 0.3 is 0 Å². The average Bonchev–Trinajstić information content (AvgIpc) is 2.65. The minimum Gasteiger partial charge on any atom is -0.481 e. The lowest BCUT2D eigenvalue weighted by Crippen LogP contribution is -2.37. The summed E-state index contributed by atoms with van der Waals surface area (Å²) in [6.07, 6.45) is 0. The van der Waals surface area contributed by atoms with Crippen LogP contribution in [0.2, 0.25) is 0 Å². The second-order valence-electron chi connectivity index (χ2n) is 6.78. The van der Waals surface area contributed by atoms with Crippen LogP contribution in [0.4, 0.5) is 14.5 Å². The summed E-state index contributed by atoms with van der Waals surface area (Å²) in [6.45, 7) is 0.691. The molecule has 8 heteroatoms. The highest BCUT2D eigenvalue weighted by Gasteiger charge is 2.26. The molecule has 2 amide bonds. The molecule has 0 saturated carbocycles. The van der Waals surface area contributed by atoms with Crippen molar-refractivity contribution in [3.05, 3.63) is 59.2 Å². The van der Waals surface area contributed by atoms with Crippen molar-refractivity contribution >= 4 is 17.5 Å². The molecular weight excluding hydrogens is 368 g/mol. The third kappa shape index (κ3) is 4.45. The average molecular weight is 389 g/mol. The first-order chi connectivity index (χ1) is 13.3. The van der Waals surface area contributed by atoms with Crippen LogP contribution in [0.1, 0.15) is 15.9 Å². The van der Waals surface area contributed by atoms with Crippen LogP contribution in [0, 0.1) is 11.6 Å². The van der Waals surface area contributed by atoms with Crippen LogP contribution in [-0.2, 0) is 11.3 Å². The molecule has 0 unspecified atom stereocenters. The highest BCUT2D eigenvalue weighted by molar-refractivity contribution is 6.03. The largest absolute Gasteiger partial charge is 0.481 e. The van der Waals surface area contributed by atoms with Crippen molar-refractivity contribution in [2.45, 2.75) is 6.54 Å². The van der Waals surface area contributed by atoms with Gasteiger partial charge in [-0.3, -0.25) is 9.59 Å². The first-order valence-corrected chi connectivity index (χ1v) is 8.78. The van der Waals surface area contributed by atoms with Gasteiger partial charge in [-0.25, -0.2) is 8.78 Å². The van der Waals surface area contributed by atoms with Crippen molar-refractivity contribution in [3.63, 3.8) is 0 Å². The molecule has 0 bridgehead atoms. The summed E-state index contributed by atoms with van der Waals surface area (Å²) in [6, 6.07) is 8.18. The van der Waals surface area contributed by atoms with Gasteiger partial charge in [-0.1, -0.05) is 12.1 Å². The normalized spacial score (nSPS) is 13.0. The molecule has 0 saturated heterocycles. The van der Waals surface area contributed by atoms with E-state index in [4.69, 9.17) is 4.74 Å². The van der Waals surface area contributed by atoms with Gasteiger partial charge in [0.15, 0.2) is 12.4 Å². The van der Waals surface area contributed by atoms with Crippen LogP contribution in [0.5, 0.6) is 5.75 Å². The number of para-hydroxylation sites is 1. The fourth-order valence-corrected chi connectivity index (χ4v) is 2.88. The fourth-order valence-electron chi connectivity index (χ4n) is 2.88. The van der Waals surface area contributed by atoms with Gasteiger partial charge in [0, 0.05) is 31.3 Å². The second kappa shape index (κ2) is 8.35. The molecule has 1 aliphatic rings. The SMILES string of the molecule is CN(C)CCN(Cc1ccc(F)cc1F)C(=O)c1cccc2c1OCC(=O)N2.